The van der Waals surface area contributed by atoms with E-state index >= 15 is 4.39 Å². The molecule has 1 aliphatic heterocycles. The van der Waals surface area contributed by atoms with Crippen molar-refractivity contribution in [1.29, 1.82) is 0 Å². The molecule has 7 nitrogen and oxygen atoms in total. The van der Waals surface area contributed by atoms with Crippen LogP contribution in [0.1, 0.15) is 42.3 Å². The Morgan fingerprint density at radius 2 is 1.89 bits per heavy atom. The summed E-state index contributed by atoms with van der Waals surface area (Å²) in [5.74, 6) is -1.22. The summed E-state index contributed by atoms with van der Waals surface area (Å²) in [4.78, 5) is 28.9. The van der Waals surface area contributed by atoms with Gasteiger partial charge in [-0.25, -0.2) is 14.2 Å². The van der Waals surface area contributed by atoms with E-state index in [1.165, 1.54) is 24.4 Å². The molecule has 0 radical (unpaired) electrons. The molecule has 2 amide bonds. The molecule has 35 heavy (non-hydrogen) atoms. The van der Waals surface area contributed by atoms with Crippen molar-refractivity contribution in [2.24, 2.45) is 5.73 Å². The molecule has 182 valence electrons. The summed E-state index contributed by atoms with van der Waals surface area (Å²) in [7, 11) is 0. The van der Waals surface area contributed by atoms with Gasteiger partial charge in [-0.15, -0.1) is 0 Å². The Labute approximate surface area is 207 Å². The number of aromatic nitrogens is 1. The first kappa shape index (κ1) is 24.5. The van der Waals surface area contributed by atoms with Gasteiger partial charge in [-0.05, 0) is 38.5 Å². The van der Waals surface area contributed by atoms with Gasteiger partial charge in [-0.3, -0.25) is 4.79 Å². The molecule has 0 bridgehead atoms. The molecule has 0 fully saturated rings. The summed E-state index contributed by atoms with van der Waals surface area (Å²) in [6.45, 7) is 5.35. The number of nitrogens with two attached hydrogens (primary N) is 1. The van der Waals surface area contributed by atoms with E-state index in [-0.39, 0.29) is 40.6 Å². The maximum atomic E-state index is 15.1. The highest BCUT2D eigenvalue weighted by molar-refractivity contribution is 6.33. The minimum absolute atomic E-state index is 0.00982. The van der Waals surface area contributed by atoms with E-state index in [2.05, 4.69) is 10.3 Å². The summed E-state index contributed by atoms with van der Waals surface area (Å²) in [6, 6.07) is 13.4. The van der Waals surface area contributed by atoms with Crippen LogP contribution in [0.3, 0.4) is 0 Å². The number of ether oxygens (including phenoxy) is 2. The lowest BCUT2D eigenvalue weighted by molar-refractivity contribution is 0.0407. The number of benzene rings is 2. The highest BCUT2D eigenvalue weighted by atomic mass is 35.5. The fourth-order valence-electron chi connectivity index (χ4n) is 4.15. The number of rotatable bonds is 5. The fraction of sp³-hybridized carbons (Fsp3) is 0.269. The first-order valence-electron chi connectivity index (χ1n) is 11.0. The molecule has 1 aromatic heterocycles. The van der Waals surface area contributed by atoms with Crippen molar-refractivity contribution in [3.63, 3.8) is 0 Å². The second-order valence-electron chi connectivity index (χ2n) is 9.29. The highest BCUT2D eigenvalue weighted by Gasteiger charge is 2.44. The van der Waals surface area contributed by atoms with E-state index in [4.69, 9.17) is 26.8 Å². The Hall–Kier alpha value is -3.65. The Bertz CT molecular complexity index is 1290. The van der Waals surface area contributed by atoms with Gasteiger partial charge in [0.1, 0.15) is 11.4 Å². The van der Waals surface area contributed by atoms with E-state index in [9.17, 15) is 9.59 Å². The van der Waals surface area contributed by atoms with Crippen molar-refractivity contribution in [3.05, 3.63) is 82.3 Å². The number of carbonyl (C=O) groups is 2. The molecule has 1 aliphatic rings. The first-order chi connectivity index (χ1) is 16.5. The van der Waals surface area contributed by atoms with Gasteiger partial charge in [0.2, 0.25) is 11.8 Å². The number of fused-ring (bicyclic) bond motifs is 1. The molecule has 2 heterocycles. The third-order valence-electron chi connectivity index (χ3n) is 5.59. The predicted octanol–water partition coefficient (Wildman–Crippen LogP) is 5.00. The zero-order valence-corrected chi connectivity index (χ0v) is 20.3. The average molecular weight is 498 g/mol. The number of carbonyl (C=O) groups excluding carboxylic acids is 2. The van der Waals surface area contributed by atoms with E-state index in [1.54, 1.807) is 20.8 Å². The number of amides is 2. The van der Waals surface area contributed by atoms with Crippen LogP contribution < -0.4 is 15.8 Å². The topological polar surface area (TPSA) is 104 Å². The van der Waals surface area contributed by atoms with E-state index in [0.717, 1.165) is 5.56 Å². The van der Waals surface area contributed by atoms with Crippen LogP contribution in [0.5, 0.6) is 5.88 Å². The lowest BCUT2D eigenvalue weighted by Crippen LogP contribution is -2.45. The largest absolute Gasteiger partial charge is 0.464 e. The number of hydrogen-bond acceptors (Lipinski definition) is 5. The van der Waals surface area contributed by atoms with Gasteiger partial charge in [-0.1, -0.05) is 48.0 Å². The van der Waals surface area contributed by atoms with Gasteiger partial charge in [0.05, 0.1) is 17.8 Å². The summed E-state index contributed by atoms with van der Waals surface area (Å²) >= 11 is 6.50. The molecule has 0 saturated carbocycles. The van der Waals surface area contributed by atoms with Crippen molar-refractivity contribution in [2.75, 3.05) is 6.54 Å². The van der Waals surface area contributed by atoms with Gasteiger partial charge in [0, 0.05) is 28.7 Å². The van der Waals surface area contributed by atoms with E-state index in [1.807, 2.05) is 30.3 Å². The lowest BCUT2D eigenvalue weighted by atomic mass is 9.86. The molecule has 1 unspecified atom stereocenters. The second-order valence-corrected chi connectivity index (χ2v) is 9.69. The van der Waals surface area contributed by atoms with Crippen molar-refractivity contribution in [1.82, 2.24) is 10.3 Å². The number of pyridine rings is 1. The Morgan fingerprint density at radius 1 is 1.17 bits per heavy atom. The maximum absolute atomic E-state index is 15.1. The van der Waals surface area contributed by atoms with Gasteiger partial charge in [0.15, 0.2) is 5.60 Å². The minimum atomic E-state index is -1.08. The summed E-state index contributed by atoms with van der Waals surface area (Å²) < 4.78 is 26.8. The maximum Gasteiger partial charge on any atom is 0.407 e. The van der Waals surface area contributed by atoms with Crippen LogP contribution in [0.25, 0.3) is 11.1 Å². The van der Waals surface area contributed by atoms with Gasteiger partial charge in [-0.2, -0.15) is 0 Å². The number of halogens is 2. The SMILES string of the molecule is CC(C)(C)OC(=O)NCC1(c2ccccc2)Cc2c(ncc(Cl)c2-c2c(F)cccc2C(N)=O)O1. The minimum Gasteiger partial charge on any atom is -0.464 e. The number of nitrogens with one attached hydrogen (secondary N) is 1. The predicted molar refractivity (Wildman–Crippen MR) is 130 cm³/mol. The smallest absolute Gasteiger partial charge is 0.407 e. The first-order valence-corrected chi connectivity index (χ1v) is 11.4. The van der Waals surface area contributed by atoms with Crippen LogP contribution in [0.4, 0.5) is 9.18 Å². The standard InChI is InChI=1S/C26H25ClFN3O4/c1-25(2,3)35-24(33)31-14-26(15-8-5-4-6-9-15)12-17-20(18(27)13-30-23(17)34-26)21-16(22(29)32)10-7-11-19(21)28/h4-11,13H,12,14H2,1-3H3,(H2,29,32)(H,31,33). The van der Waals surface area contributed by atoms with Crippen LogP contribution in [0, 0.1) is 5.82 Å². The van der Waals surface area contributed by atoms with Crippen LogP contribution in [0.15, 0.2) is 54.7 Å². The summed E-state index contributed by atoms with van der Waals surface area (Å²) in [5, 5.41) is 2.92. The fourth-order valence-corrected chi connectivity index (χ4v) is 4.41. The Kier molecular flexibility index (Phi) is 6.42. The third-order valence-corrected chi connectivity index (χ3v) is 5.88. The highest BCUT2D eigenvalue weighted by Crippen LogP contribution is 2.47. The second kappa shape index (κ2) is 9.19. The molecule has 0 saturated heterocycles. The van der Waals surface area contributed by atoms with Crippen molar-refractivity contribution >= 4 is 23.6 Å². The lowest BCUT2D eigenvalue weighted by Gasteiger charge is -2.30. The van der Waals surface area contributed by atoms with Gasteiger partial charge < -0.3 is 20.5 Å². The van der Waals surface area contributed by atoms with Crippen LogP contribution in [0.2, 0.25) is 5.02 Å². The molecule has 1 atom stereocenters. The van der Waals surface area contributed by atoms with Gasteiger partial charge >= 0.3 is 6.09 Å². The Balaban J connectivity index is 1.80. The Morgan fingerprint density at radius 3 is 2.54 bits per heavy atom. The zero-order chi connectivity index (χ0) is 25.4. The van der Waals surface area contributed by atoms with E-state index in [0.29, 0.717) is 5.56 Å². The number of nitrogens with zero attached hydrogens (tertiary/aromatic N) is 1. The average Bonchev–Trinajstić information content (AvgIpc) is 3.17. The quantitative estimate of drug-likeness (QED) is 0.516. The molecular weight excluding hydrogens is 473 g/mol. The summed E-state index contributed by atoms with van der Waals surface area (Å²) in [5.41, 5.74) is 5.29. The molecule has 0 spiro atoms. The van der Waals surface area contributed by atoms with Gasteiger partial charge in [0.25, 0.3) is 0 Å². The third kappa shape index (κ3) is 4.93. The van der Waals surface area contributed by atoms with Crippen molar-refractivity contribution < 1.29 is 23.5 Å². The number of primary amides is 1. The number of alkyl carbamates (subject to hydrolysis) is 1. The molecule has 3 aromatic rings. The number of hydrogen-bond donors (Lipinski definition) is 2. The molecule has 2 aromatic carbocycles. The monoisotopic (exact) mass is 497 g/mol. The van der Waals surface area contributed by atoms with Crippen LogP contribution in [-0.2, 0) is 16.8 Å². The van der Waals surface area contributed by atoms with Crippen LogP contribution >= 0.6 is 11.6 Å². The van der Waals surface area contributed by atoms with E-state index < -0.39 is 29.0 Å². The molecule has 4 rings (SSSR count). The normalized spacial score (nSPS) is 16.8. The molecular formula is C26H25ClFN3O4. The molecule has 9 heteroatoms. The van der Waals surface area contributed by atoms with Crippen molar-refractivity contribution in [3.8, 4) is 17.0 Å². The molecule has 0 aliphatic carbocycles. The summed E-state index contributed by atoms with van der Waals surface area (Å²) in [6.07, 6.45) is 0.927. The van der Waals surface area contributed by atoms with Crippen LogP contribution in [-0.4, -0.2) is 29.1 Å². The van der Waals surface area contributed by atoms with Crippen molar-refractivity contribution in [2.45, 2.75) is 38.4 Å². The molecule has 3 N–H and O–H groups in total. The zero-order valence-electron chi connectivity index (χ0n) is 19.5.